The summed E-state index contributed by atoms with van der Waals surface area (Å²) in [5.74, 6) is 0.143. The van der Waals surface area contributed by atoms with Crippen molar-refractivity contribution in [2.24, 2.45) is 11.8 Å². The average Bonchev–Trinajstić information content (AvgIpc) is 3.10. The summed E-state index contributed by atoms with van der Waals surface area (Å²) < 4.78 is 4.85. The number of nitrogens with one attached hydrogen (secondary N) is 2. The zero-order valence-electron chi connectivity index (χ0n) is 10.6. The first-order chi connectivity index (χ1) is 8.13. The number of rotatable bonds is 8. The number of hydrogen-bond donors (Lipinski definition) is 2. The van der Waals surface area contributed by atoms with Crippen LogP contribution in [-0.4, -0.2) is 38.1 Å². The molecule has 1 saturated carbocycles. The van der Waals surface area contributed by atoms with E-state index in [2.05, 4.69) is 10.6 Å². The Labute approximate surface area is 102 Å². The highest BCUT2D eigenvalue weighted by Crippen LogP contribution is 2.27. The highest BCUT2D eigenvalue weighted by molar-refractivity contribution is 5.79. The van der Waals surface area contributed by atoms with Crippen LogP contribution in [0.15, 0.2) is 0 Å². The van der Waals surface area contributed by atoms with Gasteiger partial charge in [-0.2, -0.15) is 0 Å². The SMILES string of the molecule is CCOC(=O)C(C)CNC(=O)CNCC1CC1. The third-order valence-electron chi connectivity index (χ3n) is 2.71. The minimum Gasteiger partial charge on any atom is -0.466 e. The van der Waals surface area contributed by atoms with Crippen LogP contribution in [0.2, 0.25) is 0 Å². The molecule has 0 radical (unpaired) electrons. The van der Waals surface area contributed by atoms with E-state index in [1.165, 1.54) is 12.8 Å². The highest BCUT2D eigenvalue weighted by atomic mass is 16.5. The molecular formula is C12H22N2O3. The third kappa shape index (κ3) is 6.26. The lowest BCUT2D eigenvalue weighted by Crippen LogP contribution is -2.38. The van der Waals surface area contributed by atoms with Crippen LogP contribution in [0.25, 0.3) is 0 Å². The van der Waals surface area contributed by atoms with E-state index >= 15 is 0 Å². The normalized spacial score (nSPS) is 16.4. The zero-order valence-corrected chi connectivity index (χ0v) is 10.6. The molecule has 0 aliphatic heterocycles. The van der Waals surface area contributed by atoms with Crippen molar-refractivity contribution in [1.29, 1.82) is 0 Å². The van der Waals surface area contributed by atoms with Crippen LogP contribution in [0.1, 0.15) is 26.7 Å². The fourth-order valence-corrected chi connectivity index (χ4v) is 1.41. The van der Waals surface area contributed by atoms with Gasteiger partial charge >= 0.3 is 5.97 Å². The van der Waals surface area contributed by atoms with Crippen molar-refractivity contribution in [3.05, 3.63) is 0 Å². The Morgan fingerprint density at radius 3 is 2.71 bits per heavy atom. The molecule has 0 saturated heterocycles. The predicted octanol–water partition coefficient (Wildman–Crippen LogP) is 0.301. The maximum atomic E-state index is 11.4. The van der Waals surface area contributed by atoms with Crippen LogP contribution in [0, 0.1) is 11.8 Å². The number of carbonyl (C=O) groups excluding carboxylic acids is 2. The maximum absolute atomic E-state index is 11.4. The maximum Gasteiger partial charge on any atom is 0.310 e. The largest absolute Gasteiger partial charge is 0.466 e. The molecule has 1 fully saturated rings. The molecule has 0 aromatic rings. The summed E-state index contributed by atoms with van der Waals surface area (Å²) in [4.78, 5) is 22.7. The summed E-state index contributed by atoms with van der Waals surface area (Å²) in [7, 11) is 0. The van der Waals surface area contributed by atoms with Crippen molar-refractivity contribution in [1.82, 2.24) is 10.6 Å². The van der Waals surface area contributed by atoms with Crippen LogP contribution in [0.3, 0.4) is 0 Å². The molecule has 0 bridgehead atoms. The molecule has 1 amide bonds. The molecule has 5 heteroatoms. The summed E-state index contributed by atoms with van der Waals surface area (Å²) in [5, 5.41) is 5.81. The molecule has 5 nitrogen and oxygen atoms in total. The summed E-state index contributed by atoms with van der Waals surface area (Å²) in [5.41, 5.74) is 0. The molecule has 17 heavy (non-hydrogen) atoms. The van der Waals surface area contributed by atoms with Gasteiger partial charge in [0.15, 0.2) is 0 Å². The van der Waals surface area contributed by atoms with E-state index in [9.17, 15) is 9.59 Å². The van der Waals surface area contributed by atoms with E-state index in [1.807, 2.05) is 0 Å². The fraction of sp³-hybridized carbons (Fsp3) is 0.833. The first-order valence-electron chi connectivity index (χ1n) is 6.27. The van der Waals surface area contributed by atoms with Gasteiger partial charge in [-0.1, -0.05) is 6.92 Å². The lowest BCUT2D eigenvalue weighted by molar-refractivity contribution is -0.147. The molecule has 2 N–H and O–H groups in total. The van der Waals surface area contributed by atoms with Gasteiger partial charge in [0, 0.05) is 6.54 Å². The highest BCUT2D eigenvalue weighted by Gasteiger charge is 2.20. The van der Waals surface area contributed by atoms with Crippen LogP contribution in [0.4, 0.5) is 0 Å². The minimum atomic E-state index is -0.290. The molecule has 98 valence electrons. The van der Waals surface area contributed by atoms with E-state index in [-0.39, 0.29) is 17.8 Å². The predicted molar refractivity (Wildman–Crippen MR) is 64.4 cm³/mol. The Hall–Kier alpha value is -1.10. The average molecular weight is 242 g/mol. The lowest BCUT2D eigenvalue weighted by atomic mass is 10.2. The van der Waals surface area contributed by atoms with Crippen molar-refractivity contribution in [3.8, 4) is 0 Å². The van der Waals surface area contributed by atoms with Gasteiger partial charge in [-0.15, -0.1) is 0 Å². The Kier molecular flexibility index (Phi) is 5.97. The Morgan fingerprint density at radius 1 is 1.41 bits per heavy atom. The van der Waals surface area contributed by atoms with Gasteiger partial charge in [0.1, 0.15) is 0 Å². The van der Waals surface area contributed by atoms with Crippen molar-refractivity contribution in [3.63, 3.8) is 0 Å². The van der Waals surface area contributed by atoms with Gasteiger partial charge in [0.25, 0.3) is 0 Å². The Morgan fingerprint density at radius 2 is 2.12 bits per heavy atom. The standard InChI is InChI=1S/C12H22N2O3/c1-3-17-12(16)9(2)6-14-11(15)8-13-7-10-4-5-10/h9-10,13H,3-8H2,1-2H3,(H,14,15). The van der Waals surface area contributed by atoms with Crippen molar-refractivity contribution < 1.29 is 14.3 Å². The number of ether oxygens (including phenoxy) is 1. The molecular weight excluding hydrogens is 220 g/mol. The van der Waals surface area contributed by atoms with Gasteiger partial charge < -0.3 is 15.4 Å². The molecule has 0 spiro atoms. The molecule has 0 heterocycles. The smallest absolute Gasteiger partial charge is 0.310 e. The second-order valence-electron chi connectivity index (χ2n) is 4.53. The fourth-order valence-electron chi connectivity index (χ4n) is 1.41. The van der Waals surface area contributed by atoms with Gasteiger partial charge in [-0.3, -0.25) is 9.59 Å². The molecule has 1 rings (SSSR count). The van der Waals surface area contributed by atoms with Crippen LogP contribution in [-0.2, 0) is 14.3 Å². The summed E-state index contributed by atoms with van der Waals surface area (Å²) in [6, 6.07) is 0. The summed E-state index contributed by atoms with van der Waals surface area (Å²) >= 11 is 0. The second kappa shape index (κ2) is 7.27. The minimum absolute atomic E-state index is 0.0678. The van der Waals surface area contributed by atoms with Gasteiger partial charge in [0.05, 0.1) is 19.1 Å². The summed E-state index contributed by atoms with van der Waals surface area (Å²) in [6.45, 7) is 5.47. The topological polar surface area (TPSA) is 67.4 Å². The zero-order chi connectivity index (χ0) is 12.7. The van der Waals surface area contributed by atoms with E-state index in [0.717, 1.165) is 12.5 Å². The van der Waals surface area contributed by atoms with Gasteiger partial charge in [-0.05, 0) is 32.2 Å². The molecule has 1 aliphatic carbocycles. The van der Waals surface area contributed by atoms with Gasteiger partial charge in [-0.25, -0.2) is 0 Å². The first kappa shape index (κ1) is 14.0. The van der Waals surface area contributed by atoms with E-state index in [4.69, 9.17) is 4.74 Å². The lowest BCUT2D eigenvalue weighted by Gasteiger charge is -2.11. The molecule has 1 unspecified atom stereocenters. The van der Waals surface area contributed by atoms with Crippen LogP contribution >= 0.6 is 0 Å². The molecule has 0 aromatic heterocycles. The summed E-state index contributed by atoms with van der Waals surface area (Å²) in [6.07, 6.45) is 2.54. The van der Waals surface area contributed by atoms with E-state index < -0.39 is 0 Å². The number of carbonyl (C=O) groups is 2. The number of hydrogen-bond acceptors (Lipinski definition) is 4. The first-order valence-corrected chi connectivity index (χ1v) is 6.27. The second-order valence-corrected chi connectivity index (χ2v) is 4.53. The van der Waals surface area contributed by atoms with Crippen LogP contribution < -0.4 is 10.6 Å². The molecule has 1 aliphatic rings. The van der Waals surface area contributed by atoms with Crippen molar-refractivity contribution in [2.45, 2.75) is 26.7 Å². The molecule has 1 atom stereocenters. The van der Waals surface area contributed by atoms with Crippen molar-refractivity contribution >= 4 is 11.9 Å². The Bertz CT molecular complexity index is 264. The monoisotopic (exact) mass is 242 g/mol. The third-order valence-corrected chi connectivity index (χ3v) is 2.71. The molecule has 0 aromatic carbocycles. The van der Waals surface area contributed by atoms with Crippen molar-refractivity contribution in [2.75, 3.05) is 26.2 Å². The Balaban J connectivity index is 2.02. The van der Waals surface area contributed by atoms with Gasteiger partial charge in [0.2, 0.25) is 5.91 Å². The van der Waals surface area contributed by atoms with Crippen LogP contribution in [0.5, 0.6) is 0 Å². The van der Waals surface area contributed by atoms with E-state index in [0.29, 0.717) is 19.7 Å². The van der Waals surface area contributed by atoms with E-state index in [1.54, 1.807) is 13.8 Å². The number of amides is 1. The number of esters is 1. The quantitative estimate of drug-likeness (QED) is 0.601.